The molecule has 2 atom stereocenters. The van der Waals surface area contributed by atoms with E-state index in [0.29, 0.717) is 13.0 Å². The van der Waals surface area contributed by atoms with Crippen LogP contribution in [0.3, 0.4) is 0 Å². The van der Waals surface area contributed by atoms with E-state index in [9.17, 15) is 0 Å². The highest BCUT2D eigenvalue weighted by atomic mass is 16.3. The Morgan fingerprint density at radius 3 is 2.75 bits per heavy atom. The number of aliphatic hydroxyl groups is 1. The summed E-state index contributed by atoms with van der Waals surface area (Å²) in [5.74, 6) is 0. The third-order valence-electron chi connectivity index (χ3n) is 1.26. The van der Waals surface area contributed by atoms with Gasteiger partial charge in [-0.2, -0.15) is 5.26 Å². The van der Waals surface area contributed by atoms with E-state index >= 15 is 0 Å². The maximum absolute atomic E-state index is 8.82. The van der Waals surface area contributed by atoms with E-state index < -0.39 is 0 Å². The van der Waals surface area contributed by atoms with Crippen molar-refractivity contribution in [3.63, 3.8) is 0 Å². The van der Waals surface area contributed by atoms with Gasteiger partial charge in [0.15, 0.2) is 0 Å². The lowest BCUT2D eigenvalue weighted by Gasteiger charge is -1.92. The molecule has 1 fully saturated rings. The molecule has 0 aromatic rings. The van der Waals surface area contributed by atoms with E-state index in [1.54, 1.807) is 0 Å². The van der Waals surface area contributed by atoms with Gasteiger partial charge in [0.05, 0.1) is 18.2 Å². The van der Waals surface area contributed by atoms with Crippen LogP contribution in [0.1, 0.15) is 6.42 Å². The number of nitriles is 1. The van der Waals surface area contributed by atoms with Gasteiger partial charge in [-0.15, -0.1) is 0 Å². The van der Waals surface area contributed by atoms with E-state index in [0.717, 1.165) is 0 Å². The number of aliphatic hydroxyl groups excluding tert-OH is 1. The zero-order valence-electron chi connectivity index (χ0n) is 4.46. The Morgan fingerprint density at radius 1 is 1.75 bits per heavy atom. The summed E-state index contributed by atoms with van der Waals surface area (Å²) in [6.45, 7) is 0.568. The molecular weight excluding hydrogens is 104 g/mol. The first-order chi connectivity index (χ1) is 3.83. The molecule has 8 heavy (non-hydrogen) atoms. The van der Waals surface area contributed by atoms with Crippen molar-refractivity contribution in [3.8, 4) is 6.07 Å². The smallest absolute Gasteiger partial charge is 0.0979 e. The Morgan fingerprint density at radius 2 is 2.50 bits per heavy atom. The highest BCUT2D eigenvalue weighted by Crippen LogP contribution is 2.03. The lowest BCUT2D eigenvalue weighted by molar-refractivity contribution is 0.195. The number of hydrogen-bond donors (Lipinski definition) is 2. The molecule has 44 valence electrons. The first kappa shape index (κ1) is 5.54. The molecule has 0 aromatic heterocycles. The summed E-state index contributed by atoms with van der Waals surface area (Å²) in [5.41, 5.74) is 0. The van der Waals surface area contributed by atoms with E-state index in [1.165, 1.54) is 0 Å². The second-order valence-corrected chi connectivity index (χ2v) is 1.98. The second-order valence-electron chi connectivity index (χ2n) is 1.98. The predicted molar refractivity (Wildman–Crippen MR) is 28.0 cm³/mol. The minimum Gasteiger partial charge on any atom is -0.392 e. The Hall–Kier alpha value is -0.590. The van der Waals surface area contributed by atoms with Crippen molar-refractivity contribution < 1.29 is 5.11 Å². The van der Waals surface area contributed by atoms with E-state index in [-0.39, 0.29) is 12.1 Å². The Labute approximate surface area is 47.9 Å². The van der Waals surface area contributed by atoms with Crippen molar-refractivity contribution in [2.75, 3.05) is 6.54 Å². The molecular formula is C5H8N2O. The Balaban J connectivity index is 2.35. The van der Waals surface area contributed by atoms with Crippen LogP contribution in [0.2, 0.25) is 0 Å². The first-order valence-electron chi connectivity index (χ1n) is 2.64. The van der Waals surface area contributed by atoms with Crippen LogP contribution in [-0.4, -0.2) is 23.8 Å². The fourth-order valence-electron chi connectivity index (χ4n) is 0.815. The minimum atomic E-state index is -0.306. The standard InChI is InChI=1S/C5H8N2O/c6-2-4-1-5(8)3-7-4/h4-5,7-8H,1,3H2/t4-,5+/m1/s1. The van der Waals surface area contributed by atoms with E-state index in [2.05, 4.69) is 5.32 Å². The van der Waals surface area contributed by atoms with Crippen LogP contribution in [0.5, 0.6) is 0 Å². The Bertz CT molecular complexity index is 118. The van der Waals surface area contributed by atoms with Gasteiger partial charge in [-0.1, -0.05) is 0 Å². The monoisotopic (exact) mass is 112 g/mol. The van der Waals surface area contributed by atoms with Gasteiger partial charge in [-0.3, -0.25) is 5.32 Å². The van der Waals surface area contributed by atoms with E-state index in [4.69, 9.17) is 10.4 Å². The van der Waals surface area contributed by atoms with E-state index in [1.807, 2.05) is 6.07 Å². The van der Waals surface area contributed by atoms with Gasteiger partial charge < -0.3 is 5.11 Å². The molecule has 3 heteroatoms. The van der Waals surface area contributed by atoms with Crippen molar-refractivity contribution in [2.45, 2.75) is 18.6 Å². The van der Waals surface area contributed by atoms with Crippen LogP contribution < -0.4 is 5.32 Å². The molecule has 0 saturated carbocycles. The molecule has 1 aliphatic rings. The summed E-state index contributed by atoms with van der Waals surface area (Å²) in [6, 6.07) is 1.90. The highest BCUT2D eigenvalue weighted by molar-refractivity contribution is 4.96. The molecule has 0 unspecified atom stereocenters. The quantitative estimate of drug-likeness (QED) is 0.432. The Kier molecular flexibility index (Phi) is 1.47. The molecule has 0 radical (unpaired) electrons. The summed E-state index contributed by atoms with van der Waals surface area (Å²) in [6.07, 6.45) is 0.274. The molecule has 0 aromatic carbocycles. The van der Waals surface area contributed by atoms with Gasteiger partial charge in [-0.05, 0) is 0 Å². The molecule has 0 bridgehead atoms. The number of rotatable bonds is 0. The fourth-order valence-corrected chi connectivity index (χ4v) is 0.815. The van der Waals surface area contributed by atoms with Crippen LogP contribution in [0.4, 0.5) is 0 Å². The number of β-amino-alcohol motifs (C(OH)–C–C–N with tert-alkyl or cyclic N) is 1. The zero-order chi connectivity index (χ0) is 5.98. The minimum absolute atomic E-state index is 0.120. The highest BCUT2D eigenvalue weighted by Gasteiger charge is 2.20. The van der Waals surface area contributed by atoms with Gasteiger partial charge >= 0.3 is 0 Å². The molecule has 1 aliphatic heterocycles. The topological polar surface area (TPSA) is 56.0 Å². The summed E-state index contributed by atoms with van der Waals surface area (Å²) in [4.78, 5) is 0. The van der Waals surface area contributed by atoms with Gasteiger partial charge in [-0.25, -0.2) is 0 Å². The molecule has 2 N–H and O–H groups in total. The van der Waals surface area contributed by atoms with Crippen LogP contribution in [-0.2, 0) is 0 Å². The van der Waals surface area contributed by atoms with Gasteiger partial charge in [0.1, 0.15) is 0 Å². The SMILES string of the molecule is N#C[C@H]1C[C@H](O)CN1. The van der Waals surface area contributed by atoms with Crippen LogP contribution in [0, 0.1) is 11.3 Å². The average Bonchev–Trinajstić information content (AvgIpc) is 2.14. The van der Waals surface area contributed by atoms with Crippen molar-refractivity contribution in [2.24, 2.45) is 0 Å². The normalized spacial score (nSPS) is 37.0. The summed E-state index contributed by atoms with van der Waals surface area (Å²) < 4.78 is 0. The number of nitrogens with zero attached hydrogens (tertiary/aromatic N) is 1. The van der Waals surface area contributed by atoms with Crippen LogP contribution in [0.15, 0.2) is 0 Å². The molecule has 0 spiro atoms. The second kappa shape index (κ2) is 2.12. The third kappa shape index (κ3) is 0.971. The fraction of sp³-hybridized carbons (Fsp3) is 0.800. The molecule has 3 nitrogen and oxygen atoms in total. The molecule has 1 rings (SSSR count). The summed E-state index contributed by atoms with van der Waals surface area (Å²) in [5, 5.41) is 19.9. The van der Waals surface area contributed by atoms with Crippen molar-refractivity contribution >= 4 is 0 Å². The molecule has 1 saturated heterocycles. The number of nitrogens with one attached hydrogen (secondary N) is 1. The molecule has 0 aliphatic carbocycles. The number of hydrogen-bond acceptors (Lipinski definition) is 3. The maximum atomic E-state index is 8.82. The van der Waals surface area contributed by atoms with Crippen molar-refractivity contribution in [1.29, 1.82) is 5.26 Å². The summed E-state index contributed by atoms with van der Waals surface area (Å²) in [7, 11) is 0. The zero-order valence-corrected chi connectivity index (χ0v) is 4.46. The van der Waals surface area contributed by atoms with Gasteiger partial charge in [0.25, 0.3) is 0 Å². The lowest BCUT2D eigenvalue weighted by atomic mass is 10.2. The largest absolute Gasteiger partial charge is 0.392 e. The first-order valence-corrected chi connectivity index (χ1v) is 2.64. The van der Waals surface area contributed by atoms with Crippen molar-refractivity contribution in [3.05, 3.63) is 0 Å². The predicted octanol–water partition coefficient (Wildman–Crippen LogP) is -0.767. The van der Waals surface area contributed by atoms with Crippen LogP contribution >= 0.6 is 0 Å². The average molecular weight is 112 g/mol. The van der Waals surface area contributed by atoms with Crippen LogP contribution in [0.25, 0.3) is 0 Å². The van der Waals surface area contributed by atoms with Gasteiger partial charge in [0.2, 0.25) is 0 Å². The van der Waals surface area contributed by atoms with Gasteiger partial charge in [0, 0.05) is 13.0 Å². The molecule has 0 amide bonds. The van der Waals surface area contributed by atoms with Crippen molar-refractivity contribution in [1.82, 2.24) is 5.32 Å². The molecule has 1 heterocycles. The maximum Gasteiger partial charge on any atom is 0.0979 e. The lowest BCUT2D eigenvalue weighted by Crippen LogP contribution is -2.19. The summed E-state index contributed by atoms with van der Waals surface area (Å²) >= 11 is 0. The third-order valence-corrected chi connectivity index (χ3v) is 1.26.